The predicted octanol–water partition coefficient (Wildman–Crippen LogP) is 3.69. The molecule has 1 heterocycles. The highest BCUT2D eigenvalue weighted by Gasteiger charge is 2.24. The summed E-state index contributed by atoms with van der Waals surface area (Å²) in [6.07, 6.45) is 3.38. The zero-order valence-corrected chi connectivity index (χ0v) is 13.3. The van der Waals surface area contributed by atoms with E-state index >= 15 is 0 Å². The number of likely N-dealkylation sites (N-methyl/N-ethyl adjacent to an activating group) is 1. The number of rotatable bonds is 5. The molecule has 0 aromatic heterocycles. The first kappa shape index (κ1) is 15.9. The van der Waals surface area contributed by atoms with E-state index in [9.17, 15) is 8.78 Å². The maximum absolute atomic E-state index is 14.1. The molecule has 1 unspecified atom stereocenters. The van der Waals surface area contributed by atoms with Crippen LogP contribution in [0.25, 0.3) is 0 Å². The molecule has 1 aromatic carbocycles. The van der Waals surface area contributed by atoms with Gasteiger partial charge >= 0.3 is 0 Å². The first-order valence-corrected chi connectivity index (χ1v) is 8.00. The summed E-state index contributed by atoms with van der Waals surface area (Å²) in [5, 5.41) is 3.34. The highest BCUT2D eigenvalue weighted by Crippen LogP contribution is 2.25. The Morgan fingerprint density at radius 1 is 1.35 bits per heavy atom. The molecule has 1 atom stereocenters. The van der Waals surface area contributed by atoms with Crippen LogP contribution in [0.1, 0.15) is 31.7 Å². The van der Waals surface area contributed by atoms with Gasteiger partial charge in [-0.3, -0.25) is 4.90 Å². The van der Waals surface area contributed by atoms with Crippen molar-refractivity contribution >= 4 is 15.9 Å². The fourth-order valence-corrected chi connectivity index (χ4v) is 3.10. The van der Waals surface area contributed by atoms with Gasteiger partial charge in [0.2, 0.25) is 0 Å². The molecule has 0 aliphatic carbocycles. The second-order valence-electron chi connectivity index (χ2n) is 5.25. The quantitative estimate of drug-likeness (QED) is 0.818. The Morgan fingerprint density at radius 3 is 2.90 bits per heavy atom. The van der Waals surface area contributed by atoms with Gasteiger partial charge in [0.15, 0.2) is 0 Å². The van der Waals surface area contributed by atoms with Gasteiger partial charge in [-0.05, 0) is 54.0 Å². The molecule has 0 amide bonds. The summed E-state index contributed by atoms with van der Waals surface area (Å²) in [5.41, 5.74) is 0.169. The van der Waals surface area contributed by atoms with Crippen LogP contribution in [-0.2, 0) is 6.54 Å². The molecule has 1 aromatic rings. The molecule has 0 saturated carbocycles. The molecule has 112 valence electrons. The fraction of sp³-hybridized carbons (Fsp3) is 0.600. The Balaban J connectivity index is 2.12. The van der Waals surface area contributed by atoms with Crippen LogP contribution in [0.2, 0.25) is 0 Å². The summed E-state index contributed by atoms with van der Waals surface area (Å²) in [6.45, 7) is 5.12. The van der Waals surface area contributed by atoms with Crippen molar-refractivity contribution in [2.24, 2.45) is 0 Å². The summed E-state index contributed by atoms with van der Waals surface area (Å²) < 4.78 is 28.3. The van der Waals surface area contributed by atoms with Gasteiger partial charge in [-0.25, -0.2) is 8.78 Å². The molecule has 1 N–H and O–H groups in total. The zero-order chi connectivity index (χ0) is 14.5. The second-order valence-corrected chi connectivity index (χ2v) is 6.10. The van der Waals surface area contributed by atoms with Crippen molar-refractivity contribution < 1.29 is 8.78 Å². The van der Waals surface area contributed by atoms with Gasteiger partial charge in [-0.15, -0.1) is 0 Å². The highest BCUT2D eigenvalue weighted by molar-refractivity contribution is 9.10. The molecule has 1 aliphatic rings. The van der Waals surface area contributed by atoms with Gasteiger partial charge in [0, 0.05) is 24.7 Å². The molecule has 1 fully saturated rings. The predicted molar refractivity (Wildman–Crippen MR) is 80.7 cm³/mol. The number of piperidine rings is 1. The lowest BCUT2D eigenvalue weighted by molar-refractivity contribution is 0.134. The lowest BCUT2D eigenvalue weighted by Gasteiger charge is -2.36. The molecule has 0 radical (unpaired) electrons. The fourth-order valence-electron chi connectivity index (χ4n) is 2.73. The monoisotopic (exact) mass is 346 g/mol. The Morgan fingerprint density at radius 2 is 2.15 bits per heavy atom. The molecular formula is C15H21BrF2N2. The largest absolute Gasteiger partial charge is 0.315 e. The van der Waals surface area contributed by atoms with E-state index in [1.54, 1.807) is 0 Å². The van der Waals surface area contributed by atoms with Crippen molar-refractivity contribution in [3.05, 3.63) is 33.8 Å². The minimum absolute atomic E-state index is 0.169. The van der Waals surface area contributed by atoms with E-state index in [0.29, 0.717) is 17.1 Å². The molecular weight excluding hydrogens is 326 g/mol. The van der Waals surface area contributed by atoms with Crippen molar-refractivity contribution in [3.63, 3.8) is 0 Å². The van der Waals surface area contributed by atoms with Crippen molar-refractivity contribution in [2.45, 2.75) is 38.8 Å². The van der Waals surface area contributed by atoms with Crippen molar-refractivity contribution in [3.8, 4) is 0 Å². The minimum atomic E-state index is -0.474. The second kappa shape index (κ2) is 7.48. The summed E-state index contributed by atoms with van der Waals surface area (Å²) >= 11 is 3.13. The molecule has 2 rings (SSSR count). The van der Waals surface area contributed by atoms with Crippen molar-refractivity contribution in [1.82, 2.24) is 10.2 Å². The van der Waals surface area contributed by atoms with Gasteiger partial charge in [0.1, 0.15) is 11.6 Å². The highest BCUT2D eigenvalue weighted by atomic mass is 79.9. The van der Waals surface area contributed by atoms with Crippen LogP contribution in [0.4, 0.5) is 8.78 Å². The number of halogens is 3. The van der Waals surface area contributed by atoms with E-state index in [4.69, 9.17) is 0 Å². The number of nitrogens with one attached hydrogen (secondary N) is 1. The number of benzene rings is 1. The molecule has 2 nitrogen and oxygen atoms in total. The zero-order valence-electron chi connectivity index (χ0n) is 11.8. The minimum Gasteiger partial charge on any atom is -0.315 e. The SMILES string of the molecule is CCNCC1CCCCN1Cc1c(F)ccc(Br)c1F. The van der Waals surface area contributed by atoms with Gasteiger partial charge in [-0.1, -0.05) is 13.3 Å². The topological polar surface area (TPSA) is 15.3 Å². The summed E-state index contributed by atoms with van der Waals surface area (Å²) in [6, 6.07) is 3.10. The average molecular weight is 347 g/mol. The third-order valence-corrected chi connectivity index (χ3v) is 4.49. The van der Waals surface area contributed by atoms with E-state index in [1.807, 2.05) is 0 Å². The Labute approximate surface area is 127 Å². The smallest absolute Gasteiger partial charge is 0.144 e. The number of likely N-dealkylation sites (tertiary alicyclic amines) is 1. The van der Waals surface area contributed by atoms with Crippen LogP contribution in [0.3, 0.4) is 0 Å². The number of hydrogen-bond donors (Lipinski definition) is 1. The average Bonchev–Trinajstić information content (AvgIpc) is 2.46. The Hall–Kier alpha value is -0.520. The van der Waals surface area contributed by atoms with Gasteiger partial charge in [-0.2, -0.15) is 0 Å². The van der Waals surface area contributed by atoms with Crippen molar-refractivity contribution in [1.29, 1.82) is 0 Å². The molecule has 20 heavy (non-hydrogen) atoms. The van der Waals surface area contributed by atoms with Crippen LogP contribution in [-0.4, -0.2) is 30.6 Å². The normalized spacial score (nSPS) is 20.3. The third kappa shape index (κ3) is 3.77. The van der Waals surface area contributed by atoms with E-state index < -0.39 is 11.6 Å². The molecule has 0 bridgehead atoms. The maximum Gasteiger partial charge on any atom is 0.144 e. The number of nitrogens with zero attached hydrogens (tertiary/aromatic N) is 1. The van der Waals surface area contributed by atoms with E-state index in [-0.39, 0.29) is 5.56 Å². The Bertz CT molecular complexity index is 454. The van der Waals surface area contributed by atoms with Crippen LogP contribution >= 0.6 is 15.9 Å². The summed E-state index contributed by atoms with van der Waals surface area (Å²) in [5.74, 6) is -0.934. The van der Waals surface area contributed by atoms with Crippen molar-refractivity contribution in [2.75, 3.05) is 19.6 Å². The summed E-state index contributed by atoms with van der Waals surface area (Å²) in [7, 11) is 0. The molecule has 5 heteroatoms. The van der Waals surface area contributed by atoms with E-state index in [1.165, 1.54) is 18.6 Å². The third-order valence-electron chi connectivity index (χ3n) is 3.88. The van der Waals surface area contributed by atoms with E-state index in [2.05, 4.69) is 33.1 Å². The first-order valence-electron chi connectivity index (χ1n) is 7.20. The Kier molecular flexibility index (Phi) is 5.93. The standard InChI is InChI=1S/C15H21BrF2N2/c1-2-19-9-11-5-3-4-8-20(11)10-12-14(17)7-6-13(16)15(12)18/h6-7,11,19H,2-5,8-10H2,1H3. The van der Waals surface area contributed by atoms with E-state index in [0.717, 1.165) is 32.5 Å². The van der Waals surface area contributed by atoms with Crippen LogP contribution in [0, 0.1) is 11.6 Å². The summed E-state index contributed by atoms with van der Waals surface area (Å²) in [4.78, 5) is 2.19. The molecule has 0 spiro atoms. The van der Waals surface area contributed by atoms with Crippen LogP contribution in [0.15, 0.2) is 16.6 Å². The van der Waals surface area contributed by atoms with Gasteiger partial charge in [0.05, 0.1) is 4.47 Å². The van der Waals surface area contributed by atoms with Crippen LogP contribution in [0.5, 0.6) is 0 Å². The van der Waals surface area contributed by atoms with Gasteiger partial charge < -0.3 is 5.32 Å². The lowest BCUT2D eigenvalue weighted by atomic mass is 10.0. The molecule has 1 aliphatic heterocycles. The van der Waals surface area contributed by atoms with Crippen LogP contribution < -0.4 is 5.32 Å². The lowest BCUT2D eigenvalue weighted by Crippen LogP contribution is -2.45. The molecule has 1 saturated heterocycles. The maximum atomic E-state index is 14.1. The van der Waals surface area contributed by atoms with Gasteiger partial charge in [0.25, 0.3) is 0 Å². The number of hydrogen-bond acceptors (Lipinski definition) is 2. The first-order chi connectivity index (χ1) is 9.63.